The van der Waals surface area contributed by atoms with Crippen LogP contribution >= 0.6 is 11.8 Å². The van der Waals surface area contributed by atoms with Crippen molar-refractivity contribution >= 4 is 29.3 Å². The molecule has 5 nitrogen and oxygen atoms in total. The maximum absolute atomic E-state index is 11.9. The minimum absolute atomic E-state index is 0.0682. The van der Waals surface area contributed by atoms with Crippen molar-refractivity contribution in [2.75, 3.05) is 16.8 Å². The number of nitrogens with one attached hydrogen (secondary N) is 2. The number of nitrogens with zero attached hydrogens (tertiary/aromatic N) is 1. The van der Waals surface area contributed by atoms with Crippen molar-refractivity contribution in [3.05, 3.63) is 24.5 Å². The molecule has 1 atom stereocenters. The van der Waals surface area contributed by atoms with Gasteiger partial charge in [0.05, 0.1) is 11.9 Å². The summed E-state index contributed by atoms with van der Waals surface area (Å²) in [6.07, 6.45) is 3.68. The highest BCUT2D eigenvalue weighted by molar-refractivity contribution is 7.99. The Morgan fingerprint density at radius 2 is 2.47 bits per heavy atom. The molecule has 0 unspecified atom stereocenters. The molecule has 2 N–H and O–H groups in total. The Hall–Kier alpha value is -1.56. The van der Waals surface area contributed by atoms with Gasteiger partial charge in [0.2, 0.25) is 11.8 Å². The quantitative estimate of drug-likeness (QED) is 0.809. The van der Waals surface area contributed by atoms with E-state index in [-0.39, 0.29) is 11.8 Å². The molecule has 1 saturated heterocycles. The highest BCUT2D eigenvalue weighted by atomic mass is 32.2. The lowest BCUT2D eigenvalue weighted by Crippen LogP contribution is -2.44. The van der Waals surface area contributed by atoms with Crippen LogP contribution < -0.4 is 10.6 Å². The molecule has 0 aromatic carbocycles. The summed E-state index contributed by atoms with van der Waals surface area (Å²) in [6.45, 7) is 0. The number of anilines is 1. The Labute approximate surface area is 103 Å². The summed E-state index contributed by atoms with van der Waals surface area (Å²) in [7, 11) is 0. The number of hydrogen-bond donors (Lipinski definition) is 2. The van der Waals surface area contributed by atoms with Crippen LogP contribution in [0.2, 0.25) is 0 Å². The van der Waals surface area contributed by atoms with Gasteiger partial charge < -0.3 is 10.6 Å². The number of hydrogen-bond acceptors (Lipinski definition) is 4. The maximum atomic E-state index is 11.9. The van der Waals surface area contributed by atoms with Crippen molar-refractivity contribution < 1.29 is 9.59 Å². The number of aromatic nitrogens is 1. The smallest absolute Gasteiger partial charge is 0.247 e. The first-order valence-electron chi connectivity index (χ1n) is 5.34. The van der Waals surface area contributed by atoms with Crippen LogP contribution in [-0.2, 0) is 9.59 Å². The molecule has 1 aromatic heterocycles. The summed E-state index contributed by atoms with van der Waals surface area (Å²) in [5, 5.41) is 5.44. The number of thioether (sulfide) groups is 1. The Kier molecular flexibility index (Phi) is 3.98. The fraction of sp³-hybridized carbons (Fsp3) is 0.364. The number of rotatable bonds is 2. The van der Waals surface area contributed by atoms with E-state index in [0.29, 0.717) is 17.9 Å². The first kappa shape index (κ1) is 11.9. The number of carbonyl (C=O) groups excluding carboxylic acids is 2. The zero-order valence-corrected chi connectivity index (χ0v) is 10.00. The fourth-order valence-electron chi connectivity index (χ4n) is 1.48. The summed E-state index contributed by atoms with van der Waals surface area (Å²) >= 11 is 1.61. The molecule has 2 heterocycles. The van der Waals surface area contributed by atoms with E-state index in [1.54, 1.807) is 36.3 Å². The van der Waals surface area contributed by atoms with Crippen LogP contribution in [0.5, 0.6) is 0 Å². The predicted octanol–water partition coefficient (Wildman–Crippen LogP) is 0.642. The van der Waals surface area contributed by atoms with Gasteiger partial charge in [0.25, 0.3) is 0 Å². The van der Waals surface area contributed by atoms with E-state index >= 15 is 0 Å². The largest absolute Gasteiger partial charge is 0.343 e. The van der Waals surface area contributed by atoms with Gasteiger partial charge in [-0.2, -0.15) is 11.8 Å². The molecule has 2 amide bonds. The van der Waals surface area contributed by atoms with E-state index in [2.05, 4.69) is 15.6 Å². The predicted molar refractivity (Wildman–Crippen MR) is 66.7 cm³/mol. The van der Waals surface area contributed by atoms with E-state index in [0.717, 1.165) is 5.75 Å². The van der Waals surface area contributed by atoms with Gasteiger partial charge in [-0.3, -0.25) is 14.6 Å². The van der Waals surface area contributed by atoms with Crippen molar-refractivity contribution in [1.82, 2.24) is 10.3 Å². The molecular weight excluding hydrogens is 238 g/mol. The molecule has 0 spiro atoms. The average Bonchev–Trinajstić information content (AvgIpc) is 2.55. The molecule has 1 aliphatic rings. The van der Waals surface area contributed by atoms with Crippen LogP contribution in [0.3, 0.4) is 0 Å². The summed E-state index contributed by atoms with van der Waals surface area (Å²) in [4.78, 5) is 27.1. The Balaban J connectivity index is 1.97. The van der Waals surface area contributed by atoms with Crippen LogP contribution in [0.4, 0.5) is 5.69 Å². The third-order valence-corrected chi connectivity index (χ3v) is 3.40. The van der Waals surface area contributed by atoms with Crippen molar-refractivity contribution in [2.24, 2.45) is 0 Å². The first-order valence-corrected chi connectivity index (χ1v) is 6.49. The maximum Gasteiger partial charge on any atom is 0.247 e. The van der Waals surface area contributed by atoms with Crippen molar-refractivity contribution in [3.63, 3.8) is 0 Å². The van der Waals surface area contributed by atoms with E-state index in [9.17, 15) is 9.59 Å². The van der Waals surface area contributed by atoms with Gasteiger partial charge in [0.15, 0.2) is 0 Å². The van der Waals surface area contributed by atoms with Crippen molar-refractivity contribution in [1.29, 1.82) is 0 Å². The minimum Gasteiger partial charge on any atom is -0.343 e. The number of pyridine rings is 1. The van der Waals surface area contributed by atoms with Gasteiger partial charge in [0, 0.05) is 24.1 Å². The second-order valence-electron chi connectivity index (χ2n) is 3.68. The monoisotopic (exact) mass is 251 g/mol. The molecule has 6 heteroatoms. The third-order valence-electron chi connectivity index (χ3n) is 2.34. The molecule has 1 aromatic rings. The lowest BCUT2D eigenvalue weighted by Gasteiger charge is -2.14. The second kappa shape index (κ2) is 5.67. The molecule has 17 heavy (non-hydrogen) atoms. The van der Waals surface area contributed by atoms with Crippen LogP contribution in [0.1, 0.15) is 6.42 Å². The summed E-state index contributed by atoms with van der Waals surface area (Å²) < 4.78 is 0. The van der Waals surface area contributed by atoms with E-state index < -0.39 is 6.04 Å². The summed E-state index contributed by atoms with van der Waals surface area (Å²) in [5.74, 6) is 1.11. The average molecular weight is 251 g/mol. The third kappa shape index (κ3) is 3.45. The van der Waals surface area contributed by atoms with Gasteiger partial charge in [0.1, 0.15) is 6.04 Å². The lowest BCUT2D eigenvalue weighted by molar-refractivity contribution is -0.125. The van der Waals surface area contributed by atoms with Gasteiger partial charge >= 0.3 is 0 Å². The SMILES string of the molecule is O=C1CCSC[C@@H](C(=O)Nc2cccnc2)N1. The van der Waals surface area contributed by atoms with Gasteiger partial charge in [-0.15, -0.1) is 0 Å². The topological polar surface area (TPSA) is 71.1 Å². The number of carbonyl (C=O) groups is 2. The molecule has 0 saturated carbocycles. The lowest BCUT2D eigenvalue weighted by atomic mass is 10.3. The Morgan fingerprint density at radius 3 is 3.24 bits per heavy atom. The first-order chi connectivity index (χ1) is 8.25. The van der Waals surface area contributed by atoms with Gasteiger partial charge in [-0.25, -0.2) is 0 Å². The van der Waals surface area contributed by atoms with Crippen LogP contribution in [0, 0.1) is 0 Å². The van der Waals surface area contributed by atoms with Gasteiger partial charge in [-0.1, -0.05) is 0 Å². The van der Waals surface area contributed by atoms with E-state index in [1.807, 2.05) is 0 Å². The Morgan fingerprint density at radius 1 is 1.59 bits per heavy atom. The fourth-order valence-corrected chi connectivity index (χ4v) is 2.45. The molecule has 0 bridgehead atoms. The highest BCUT2D eigenvalue weighted by Gasteiger charge is 2.23. The zero-order chi connectivity index (χ0) is 12.1. The molecular formula is C11H13N3O2S. The normalized spacial score (nSPS) is 20.2. The molecule has 0 aliphatic carbocycles. The molecule has 1 aliphatic heterocycles. The van der Waals surface area contributed by atoms with E-state index in [1.165, 1.54) is 0 Å². The van der Waals surface area contributed by atoms with Crippen LogP contribution in [0.15, 0.2) is 24.5 Å². The zero-order valence-electron chi connectivity index (χ0n) is 9.18. The summed E-state index contributed by atoms with van der Waals surface area (Å²) in [6, 6.07) is 3.04. The Bertz CT molecular complexity index is 410. The van der Waals surface area contributed by atoms with Crippen LogP contribution in [0.25, 0.3) is 0 Å². The molecule has 0 radical (unpaired) electrons. The molecule has 90 valence electrons. The van der Waals surface area contributed by atoms with Gasteiger partial charge in [-0.05, 0) is 12.1 Å². The van der Waals surface area contributed by atoms with E-state index in [4.69, 9.17) is 0 Å². The minimum atomic E-state index is -0.463. The van der Waals surface area contributed by atoms with Crippen molar-refractivity contribution in [2.45, 2.75) is 12.5 Å². The standard InChI is InChI=1S/C11H13N3O2S/c15-10-3-5-17-7-9(14-10)11(16)13-8-2-1-4-12-6-8/h1-2,4,6,9H,3,5,7H2,(H,13,16)(H,14,15)/t9-/m0/s1. The summed E-state index contributed by atoms with van der Waals surface area (Å²) in [5.41, 5.74) is 0.640. The van der Waals surface area contributed by atoms with Crippen LogP contribution in [-0.4, -0.2) is 34.3 Å². The van der Waals surface area contributed by atoms with Crippen molar-refractivity contribution in [3.8, 4) is 0 Å². The number of amides is 2. The second-order valence-corrected chi connectivity index (χ2v) is 4.83. The highest BCUT2D eigenvalue weighted by Crippen LogP contribution is 2.11. The molecule has 1 fully saturated rings. The molecule has 2 rings (SSSR count).